The standard InChI is InChI=1S/C51H44N2/c1-35-32-41(52-31-30-39-16-9-12-21-49(39)52)18-13-17-38-24-27-42(33-47(38)50(35,2)3)53(40-25-22-37(23-26-40)36-14-7-6-8-15-36)43-28-29-45-44-19-10-11-20-46(44)51(4,5)48(45)34-43/h6-16,18-34H,1,17H2,2-5H3/b18-13-,41-32+. The predicted octanol–water partition coefficient (Wildman–Crippen LogP) is 13.6. The van der Waals surface area contributed by atoms with Crippen molar-refractivity contribution < 1.29 is 0 Å². The summed E-state index contributed by atoms with van der Waals surface area (Å²) in [5.74, 6) is 0. The van der Waals surface area contributed by atoms with E-state index in [2.05, 4.69) is 207 Å². The second-order valence-electron chi connectivity index (χ2n) is 15.6. The molecule has 0 bridgehead atoms. The van der Waals surface area contributed by atoms with Gasteiger partial charge < -0.3 is 9.47 Å². The third-order valence-electron chi connectivity index (χ3n) is 11.7. The molecule has 1 heterocycles. The Morgan fingerprint density at radius 1 is 0.566 bits per heavy atom. The van der Waals surface area contributed by atoms with Crippen molar-refractivity contribution in [1.82, 2.24) is 4.57 Å². The van der Waals surface area contributed by atoms with E-state index in [0.29, 0.717) is 0 Å². The topological polar surface area (TPSA) is 8.17 Å². The van der Waals surface area contributed by atoms with Crippen molar-refractivity contribution in [2.75, 3.05) is 4.90 Å². The summed E-state index contributed by atoms with van der Waals surface area (Å²) in [6, 6.07) is 53.4. The van der Waals surface area contributed by atoms with Crippen LogP contribution in [-0.2, 0) is 17.3 Å². The number of anilines is 3. The highest BCUT2D eigenvalue weighted by Crippen LogP contribution is 2.51. The summed E-state index contributed by atoms with van der Waals surface area (Å²) >= 11 is 0. The third-order valence-corrected chi connectivity index (χ3v) is 11.7. The number of aromatic nitrogens is 1. The molecule has 7 aromatic rings. The molecule has 53 heavy (non-hydrogen) atoms. The highest BCUT2D eigenvalue weighted by molar-refractivity contribution is 5.87. The van der Waals surface area contributed by atoms with Gasteiger partial charge in [-0.25, -0.2) is 0 Å². The fourth-order valence-corrected chi connectivity index (χ4v) is 8.52. The van der Waals surface area contributed by atoms with Crippen molar-refractivity contribution in [3.8, 4) is 22.3 Å². The number of hydrogen-bond donors (Lipinski definition) is 0. The molecule has 6 aromatic carbocycles. The first kappa shape index (κ1) is 32.8. The maximum atomic E-state index is 4.72. The minimum Gasteiger partial charge on any atom is -0.317 e. The van der Waals surface area contributed by atoms with Crippen LogP contribution in [0.2, 0.25) is 0 Å². The van der Waals surface area contributed by atoms with Crippen LogP contribution in [0.15, 0.2) is 182 Å². The molecule has 0 spiro atoms. The van der Waals surface area contributed by atoms with Gasteiger partial charge in [0, 0.05) is 39.8 Å². The van der Waals surface area contributed by atoms with Gasteiger partial charge in [-0.1, -0.05) is 137 Å². The molecule has 1 aromatic heterocycles. The first-order chi connectivity index (χ1) is 25.7. The molecule has 0 saturated carbocycles. The monoisotopic (exact) mass is 684 g/mol. The van der Waals surface area contributed by atoms with E-state index in [1.807, 2.05) is 0 Å². The molecule has 0 atom stereocenters. The molecule has 258 valence electrons. The Morgan fingerprint density at radius 3 is 2.02 bits per heavy atom. The lowest BCUT2D eigenvalue weighted by molar-refractivity contribution is 0.635. The summed E-state index contributed by atoms with van der Waals surface area (Å²) in [5, 5.41) is 1.23. The second kappa shape index (κ2) is 12.5. The van der Waals surface area contributed by atoms with Crippen molar-refractivity contribution in [2.45, 2.75) is 44.9 Å². The Bertz CT molecular complexity index is 2590. The summed E-state index contributed by atoms with van der Waals surface area (Å²) in [6.45, 7) is 14.1. The smallest absolute Gasteiger partial charge is 0.0528 e. The fraction of sp³-hybridized carbons (Fsp3) is 0.137. The zero-order valence-electron chi connectivity index (χ0n) is 31.0. The van der Waals surface area contributed by atoms with Gasteiger partial charge in [-0.15, -0.1) is 0 Å². The van der Waals surface area contributed by atoms with Crippen LogP contribution in [0, 0.1) is 0 Å². The minimum absolute atomic E-state index is 0.101. The maximum Gasteiger partial charge on any atom is 0.0528 e. The summed E-state index contributed by atoms with van der Waals surface area (Å²) in [5.41, 5.74) is 16.8. The molecule has 0 radical (unpaired) electrons. The average molecular weight is 685 g/mol. The van der Waals surface area contributed by atoms with Crippen LogP contribution in [0.25, 0.3) is 38.9 Å². The van der Waals surface area contributed by atoms with E-state index in [-0.39, 0.29) is 10.8 Å². The number of allylic oxidation sites excluding steroid dienone is 5. The molecule has 2 aliphatic rings. The van der Waals surface area contributed by atoms with Crippen LogP contribution in [0.5, 0.6) is 0 Å². The summed E-state index contributed by atoms with van der Waals surface area (Å²) in [6.07, 6.45) is 9.82. The average Bonchev–Trinajstić information content (AvgIpc) is 3.72. The van der Waals surface area contributed by atoms with Crippen molar-refractivity contribution in [3.05, 3.63) is 204 Å². The van der Waals surface area contributed by atoms with Crippen LogP contribution in [-0.4, -0.2) is 4.57 Å². The van der Waals surface area contributed by atoms with Gasteiger partial charge in [-0.05, 0) is 123 Å². The zero-order valence-corrected chi connectivity index (χ0v) is 31.0. The molecule has 0 aliphatic heterocycles. The summed E-state index contributed by atoms with van der Waals surface area (Å²) in [4.78, 5) is 2.43. The number of hydrogen-bond acceptors (Lipinski definition) is 1. The lowest BCUT2D eigenvalue weighted by Crippen LogP contribution is -2.22. The molecular formula is C51H44N2. The second-order valence-corrected chi connectivity index (χ2v) is 15.6. The van der Waals surface area contributed by atoms with Crippen LogP contribution in [0.3, 0.4) is 0 Å². The Kier molecular flexibility index (Phi) is 7.75. The van der Waals surface area contributed by atoms with Crippen LogP contribution < -0.4 is 4.90 Å². The van der Waals surface area contributed by atoms with Gasteiger partial charge in [0.15, 0.2) is 0 Å². The van der Waals surface area contributed by atoms with Crippen LogP contribution in [0.1, 0.15) is 49.9 Å². The number of para-hydroxylation sites is 1. The quantitative estimate of drug-likeness (QED) is 0.175. The molecular weight excluding hydrogens is 641 g/mol. The number of fused-ring (bicyclic) bond motifs is 5. The first-order valence-electron chi connectivity index (χ1n) is 18.7. The number of benzene rings is 6. The number of nitrogens with zero attached hydrogens (tertiary/aromatic N) is 2. The third kappa shape index (κ3) is 5.49. The summed E-state index contributed by atoms with van der Waals surface area (Å²) in [7, 11) is 0. The molecule has 0 amide bonds. The van der Waals surface area contributed by atoms with Crippen molar-refractivity contribution in [1.29, 1.82) is 0 Å². The molecule has 0 saturated heterocycles. The van der Waals surface area contributed by atoms with Crippen molar-refractivity contribution in [2.24, 2.45) is 0 Å². The Hall–Kier alpha value is -6.12. The normalized spacial score (nSPS) is 17.1. The molecule has 2 aliphatic carbocycles. The van der Waals surface area contributed by atoms with Gasteiger partial charge in [-0.2, -0.15) is 0 Å². The van der Waals surface area contributed by atoms with E-state index in [9.17, 15) is 0 Å². The van der Waals surface area contributed by atoms with E-state index < -0.39 is 0 Å². The lowest BCUT2D eigenvalue weighted by Gasteiger charge is -2.32. The van der Waals surface area contributed by atoms with Gasteiger partial charge in [0.2, 0.25) is 0 Å². The molecule has 0 N–H and O–H groups in total. The van der Waals surface area contributed by atoms with Gasteiger partial charge in [-0.3, -0.25) is 0 Å². The first-order valence-corrected chi connectivity index (χ1v) is 18.7. The van der Waals surface area contributed by atoms with E-state index in [4.69, 9.17) is 6.58 Å². The Labute approximate surface area is 313 Å². The lowest BCUT2D eigenvalue weighted by atomic mass is 9.75. The zero-order chi connectivity index (χ0) is 36.3. The van der Waals surface area contributed by atoms with E-state index >= 15 is 0 Å². The van der Waals surface area contributed by atoms with Crippen molar-refractivity contribution in [3.63, 3.8) is 0 Å². The van der Waals surface area contributed by atoms with E-state index in [1.54, 1.807) is 0 Å². The summed E-state index contributed by atoms with van der Waals surface area (Å²) < 4.78 is 2.28. The van der Waals surface area contributed by atoms with Gasteiger partial charge >= 0.3 is 0 Å². The SMILES string of the molecule is C=C1/C=C(n2ccc3ccccc32)\C=C/Cc2ccc(N(c3ccc(-c4ccccc4)cc3)c3ccc4c(c3)C(C)(C)c3ccccc3-4)cc2C1(C)C. The Morgan fingerprint density at radius 2 is 1.21 bits per heavy atom. The molecule has 2 nitrogen and oxygen atoms in total. The highest BCUT2D eigenvalue weighted by atomic mass is 15.1. The van der Waals surface area contributed by atoms with E-state index in [1.165, 1.54) is 55.4 Å². The minimum atomic E-state index is -0.323. The molecule has 2 heteroatoms. The highest BCUT2D eigenvalue weighted by Gasteiger charge is 2.36. The molecule has 0 fully saturated rings. The number of rotatable bonds is 5. The van der Waals surface area contributed by atoms with Crippen LogP contribution in [0.4, 0.5) is 17.1 Å². The van der Waals surface area contributed by atoms with Crippen molar-refractivity contribution >= 4 is 33.7 Å². The fourth-order valence-electron chi connectivity index (χ4n) is 8.52. The van der Waals surface area contributed by atoms with Gasteiger partial charge in [0.1, 0.15) is 0 Å². The maximum absolute atomic E-state index is 4.72. The van der Waals surface area contributed by atoms with Gasteiger partial charge in [0.05, 0.1) is 5.52 Å². The van der Waals surface area contributed by atoms with Crippen LogP contribution >= 0.6 is 0 Å². The van der Waals surface area contributed by atoms with E-state index in [0.717, 1.165) is 34.8 Å². The Balaban J connectivity index is 1.17. The predicted molar refractivity (Wildman–Crippen MR) is 225 cm³/mol. The van der Waals surface area contributed by atoms with Gasteiger partial charge in [0.25, 0.3) is 0 Å². The largest absolute Gasteiger partial charge is 0.317 e. The molecule has 0 unspecified atom stereocenters. The molecule has 9 rings (SSSR count).